The molecule has 0 heterocycles. The van der Waals surface area contributed by atoms with Crippen LogP contribution in [0.2, 0.25) is 0 Å². The highest BCUT2D eigenvalue weighted by Crippen LogP contribution is 2.19. The van der Waals surface area contributed by atoms with Crippen molar-refractivity contribution in [3.63, 3.8) is 0 Å². The quantitative estimate of drug-likeness (QED) is 0.626. The Hall–Kier alpha value is -3.12. The maximum atomic E-state index is 12.6. The van der Waals surface area contributed by atoms with E-state index in [9.17, 15) is 13.2 Å². The first kappa shape index (κ1) is 20.6. The number of hydrogen-bond acceptors (Lipinski definition) is 3. The third-order valence-corrected chi connectivity index (χ3v) is 6.03. The number of hydrogen-bond donors (Lipinski definition) is 2. The summed E-state index contributed by atoms with van der Waals surface area (Å²) in [6.45, 7) is 5.81. The molecule has 5 nitrogen and oxygen atoms in total. The largest absolute Gasteiger partial charge is 0.346 e. The Morgan fingerprint density at radius 1 is 0.862 bits per heavy atom. The van der Waals surface area contributed by atoms with Gasteiger partial charge in [0.1, 0.15) is 0 Å². The van der Waals surface area contributed by atoms with Crippen LogP contribution in [-0.2, 0) is 10.0 Å². The number of carbonyl (C=O) groups excluding carboxylic acids is 1. The molecular weight excluding hydrogens is 384 g/mol. The molecule has 6 heteroatoms. The van der Waals surface area contributed by atoms with Crippen LogP contribution < -0.4 is 10.0 Å². The van der Waals surface area contributed by atoms with E-state index in [1.807, 2.05) is 45.0 Å². The van der Waals surface area contributed by atoms with Crippen molar-refractivity contribution in [1.29, 1.82) is 0 Å². The van der Waals surface area contributed by atoms with Gasteiger partial charge < -0.3 is 5.32 Å². The summed E-state index contributed by atoms with van der Waals surface area (Å²) in [6, 6.07) is 20.8. The molecule has 3 rings (SSSR count). The molecule has 1 amide bonds. The molecule has 1 unspecified atom stereocenters. The number of amides is 1. The highest BCUT2D eigenvalue weighted by Gasteiger charge is 2.16. The minimum Gasteiger partial charge on any atom is -0.346 e. The molecule has 0 radical (unpaired) electrons. The monoisotopic (exact) mass is 408 g/mol. The van der Waals surface area contributed by atoms with E-state index in [1.165, 1.54) is 6.07 Å². The Bertz CT molecular complexity index is 1110. The van der Waals surface area contributed by atoms with Crippen LogP contribution in [0.15, 0.2) is 77.7 Å². The van der Waals surface area contributed by atoms with Gasteiger partial charge in [-0.1, -0.05) is 53.6 Å². The Morgan fingerprint density at radius 2 is 1.45 bits per heavy atom. The van der Waals surface area contributed by atoms with Gasteiger partial charge in [-0.05, 0) is 56.7 Å². The predicted molar refractivity (Wildman–Crippen MR) is 115 cm³/mol. The number of nitrogens with one attached hydrogen (secondary N) is 2. The van der Waals surface area contributed by atoms with Gasteiger partial charge in [0.2, 0.25) is 0 Å². The number of benzene rings is 3. The average molecular weight is 409 g/mol. The number of aryl methyl sites for hydroxylation is 2. The van der Waals surface area contributed by atoms with Crippen molar-refractivity contribution < 1.29 is 13.2 Å². The van der Waals surface area contributed by atoms with Crippen molar-refractivity contribution in [2.75, 3.05) is 4.72 Å². The summed E-state index contributed by atoms with van der Waals surface area (Å²) < 4.78 is 27.7. The molecule has 3 aromatic carbocycles. The van der Waals surface area contributed by atoms with Crippen molar-refractivity contribution in [3.8, 4) is 0 Å². The molecule has 0 saturated heterocycles. The summed E-state index contributed by atoms with van der Waals surface area (Å²) in [6.07, 6.45) is 0. The number of carbonyl (C=O) groups is 1. The SMILES string of the molecule is Cc1ccc(C(C)NC(=O)c2cccc(NS(=O)(=O)c3ccc(C)cc3)c2)cc1. The maximum absolute atomic E-state index is 12.6. The minimum atomic E-state index is -3.72. The van der Waals surface area contributed by atoms with Gasteiger partial charge in [0.25, 0.3) is 15.9 Å². The third kappa shape index (κ3) is 5.23. The highest BCUT2D eigenvalue weighted by molar-refractivity contribution is 7.92. The first-order valence-electron chi connectivity index (χ1n) is 9.31. The molecule has 0 aliphatic heterocycles. The minimum absolute atomic E-state index is 0.170. The fraction of sp³-hybridized carbons (Fsp3) is 0.174. The van der Waals surface area contributed by atoms with Crippen LogP contribution >= 0.6 is 0 Å². The van der Waals surface area contributed by atoms with E-state index >= 15 is 0 Å². The molecular formula is C23H24N2O3S. The van der Waals surface area contributed by atoms with Gasteiger partial charge in [-0.2, -0.15) is 0 Å². The van der Waals surface area contributed by atoms with Crippen molar-refractivity contribution in [2.24, 2.45) is 0 Å². The van der Waals surface area contributed by atoms with E-state index < -0.39 is 10.0 Å². The molecule has 0 aliphatic rings. The second-order valence-electron chi connectivity index (χ2n) is 7.11. The fourth-order valence-electron chi connectivity index (χ4n) is 2.87. The van der Waals surface area contributed by atoms with Crippen molar-refractivity contribution in [2.45, 2.75) is 31.7 Å². The Morgan fingerprint density at radius 3 is 2.07 bits per heavy atom. The first-order valence-corrected chi connectivity index (χ1v) is 10.8. The number of sulfonamides is 1. The molecule has 150 valence electrons. The molecule has 0 fully saturated rings. The normalized spacial score (nSPS) is 12.2. The Kier molecular flexibility index (Phi) is 6.03. The second kappa shape index (κ2) is 8.49. The van der Waals surface area contributed by atoms with Crippen LogP contribution in [0.25, 0.3) is 0 Å². The molecule has 29 heavy (non-hydrogen) atoms. The van der Waals surface area contributed by atoms with E-state index in [4.69, 9.17) is 0 Å². The second-order valence-corrected chi connectivity index (χ2v) is 8.79. The van der Waals surface area contributed by atoms with E-state index in [-0.39, 0.29) is 16.8 Å². The van der Waals surface area contributed by atoms with Gasteiger partial charge in [0.15, 0.2) is 0 Å². The van der Waals surface area contributed by atoms with Gasteiger partial charge in [-0.15, -0.1) is 0 Å². The van der Waals surface area contributed by atoms with E-state index in [1.54, 1.807) is 42.5 Å². The molecule has 0 aliphatic carbocycles. The zero-order valence-electron chi connectivity index (χ0n) is 16.6. The highest BCUT2D eigenvalue weighted by atomic mass is 32.2. The number of anilines is 1. The number of rotatable bonds is 6. The summed E-state index contributed by atoms with van der Waals surface area (Å²) in [5.41, 5.74) is 3.85. The van der Waals surface area contributed by atoms with Crippen LogP contribution in [0.4, 0.5) is 5.69 Å². The molecule has 0 saturated carbocycles. The zero-order valence-corrected chi connectivity index (χ0v) is 17.5. The lowest BCUT2D eigenvalue weighted by Crippen LogP contribution is -2.26. The molecule has 3 aromatic rings. The fourth-order valence-corrected chi connectivity index (χ4v) is 3.92. The first-order chi connectivity index (χ1) is 13.7. The van der Waals surface area contributed by atoms with Crippen LogP contribution in [-0.4, -0.2) is 14.3 Å². The summed E-state index contributed by atoms with van der Waals surface area (Å²) in [5.74, 6) is -0.269. The Balaban J connectivity index is 1.74. The standard InChI is InChI=1S/C23H24N2O3S/c1-16-7-11-19(12-8-16)18(3)24-23(26)20-5-4-6-21(15-20)25-29(27,28)22-13-9-17(2)10-14-22/h4-15,18,25H,1-3H3,(H,24,26). The molecule has 0 spiro atoms. The summed E-state index contributed by atoms with van der Waals surface area (Å²) in [7, 11) is -3.72. The van der Waals surface area contributed by atoms with Crippen molar-refractivity contribution in [1.82, 2.24) is 5.32 Å². The lowest BCUT2D eigenvalue weighted by atomic mass is 10.1. The van der Waals surface area contributed by atoms with Gasteiger partial charge in [-0.25, -0.2) is 8.42 Å². The van der Waals surface area contributed by atoms with E-state index in [0.717, 1.165) is 16.7 Å². The summed E-state index contributed by atoms with van der Waals surface area (Å²) >= 11 is 0. The summed E-state index contributed by atoms with van der Waals surface area (Å²) in [5, 5.41) is 2.94. The molecule has 2 N–H and O–H groups in total. The topological polar surface area (TPSA) is 75.3 Å². The summed E-state index contributed by atoms with van der Waals surface area (Å²) in [4.78, 5) is 12.8. The van der Waals surface area contributed by atoms with E-state index in [2.05, 4.69) is 10.0 Å². The smallest absolute Gasteiger partial charge is 0.261 e. The van der Waals surface area contributed by atoms with Gasteiger partial charge in [0.05, 0.1) is 10.9 Å². The van der Waals surface area contributed by atoms with Crippen LogP contribution in [0.3, 0.4) is 0 Å². The molecule has 1 atom stereocenters. The van der Waals surface area contributed by atoms with Crippen LogP contribution in [0, 0.1) is 13.8 Å². The van der Waals surface area contributed by atoms with Crippen LogP contribution in [0.5, 0.6) is 0 Å². The lowest BCUT2D eigenvalue weighted by Gasteiger charge is -2.15. The lowest BCUT2D eigenvalue weighted by molar-refractivity contribution is 0.0940. The van der Waals surface area contributed by atoms with Gasteiger partial charge in [-0.3, -0.25) is 9.52 Å². The average Bonchev–Trinajstić information content (AvgIpc) is 2.68. The Labute approximate surface area is 171 Å². The third-order valence-electron chi connectivity index (χ3n) is 4.63. The predicted octanol–water partition coefficient (Wildman–Crippen LogP) is 4.60. The molecule has 0 aromatic heterocycles. The zero-order chi connectivity index (χ0) is 21.0. The van der Waals surface area contributed by atoms with Gasteiger partial charge in [0, 0.05) is 11.3 Å². The van der Waals surface area contributed by atoms with E-state index in [0.29, 0.717) is 11.3 Å². The van der Waals surface area contributed by atoms with Crippen molar-refractivity contribution in [3.05, 3.63) is 95.1 Å². The van der Waals surface area contributed by atoms with Gasteiger partial charge >= 0.3 is 0 Å². The molecule has 0 bridgehead atoms. The van der Waals surface area contributed by atoms with Crippen molar-refractivity contribution >= 4 is 21.6 Å². The van der Waals surface area contributed by atoms with Crippen LogP contribution in [0.1, 0.15) is 40.0 Å². The maximum Gasteiger partial charge on any atom is 0.261 e.